The molecule has 2 aromatic rings. The zero-order valence-electron chi connectivity index (χ0n) is 11.2. The summed E-state index contributed by atoms with van der Waals surface area (Å²) < 4.78 is 0. The van der Waals surface area contributed by atoms with Crippen molar-refractivity contribution in [3.63, 3.8) is 0 Å². The lowest BCUT2D eigenvalue weighted by Gasteiger charge is -2.13. The predicted octanol–water partition coefficient (Wildman–Crippen LogP) is 3.59. The molecule has 5 heteroatoms. The second kappa shape index (κ2) is 5.40. The van der Waals surface area contributed by atoms with Crippen LogP contribution in [0.5, 0.6) is 5.75 Å². The first-order chi connectivity index (χ1) is 8.95. The first-order valence-electron chi connectivity index (χ1n) is 5.99. The van der Waals surface area contributed by atoms with Crippen LogP contribution < -0.4 is 5.43 Å². The summed E-state index contributed by atoms with van der Waals surface area (Å²) in [5, 5.41) is 16.2. The van der Waals surface area contributed by atoms with E-state index < -0.39 is 0 Å². The number of anilines is 1. The summed E-state index contributed by atoms with van der Waals surface area (Å²) in [6.07, 6.45) is 1.65. The molecule has 1 aromatic carbocycles. The van der Waals surface area contributed by atoms with Crippen LogP contribution in [-0.2, 0) is 5.41 Å². The number of phenolic OH excluding ortho intramolecular Hbond substituents is 1. The van der Waals surface area contributed by atoms with Crippen LogP contribution >= 0.6 is 11.3 Å². The topological polar surface area (TPSA) is 57.5 Å². The van der Waals surface area contributed by atoms with E-state index in [1.54, 1.807) is 24.4 Å². The number of nitrogens with one attached hydrogen (secondary N) is 1. The number of thiazole rings is 1. The van der Waals surface area contributed by atoms with Gasteiger partial charge in [0.2, 0.25) is 5.13 Å². The molecule has 0 unspecified atom stereocenters. The van der Waals surface area contributed by atoms with Gasteiger partial charge in [0.15, 0.2) is 0 Å². The fourth-order valence-electron chi connectivity index (χ4n) is 1.44. The Balaban J connectivity index is 2.01. The van der Waals surface area contributed by atoms with E-state index in [1.807, 2.05) is 11.4 Å². The number of aromatic hydroxyl groups is 1. The summed E-state index contributed by atoms with van der Waals surface area (Å²) in [6, 6.07) is 6.92. The highest BCUT2D eigenvalue weighted by Gasteiger charge is 2.17. The quantitative estimate of drug-likeness (QED) is 0.665. The molecule has 1 aromatic heterocycles. The number of hydrazone groups is 1. The normalized spacial score (nSPS) is 11.9. The van der Waals surface area contributed by atoms with Gasteiger partial charge in [0, 0.05) is 10.8 Å². The summed E-state index contributed by atoms with van der Waals surface area (Å²) in [7, 11) is 0. The van der Waals surface area contributed by atoms with Gasteiger partial charge in [0.1, 0.15) is 5.75 Å². The van der Waals surface area contributed by atoms with Gasteiger partial charge in [-0.3, -0.25) is 5.43 Å². The summed E-state index contributed by atoms with van der Waals surface area (Å²) >= 11 is 1.53. The molecule has 0 saturated heterocycles. The van der Waals surface area contributed by atoms with Gasteiger partial charge in [0.05, 0.1) is 11.9 Å². The maximum atomic E-state index is 9.33. The van der Waals surface area contributed by atoms with Crippen molar-refractivity contribution in [1.29, 1.82) is 0 Å². The Bertz CT molecular complexity index is 584. The molecule has 0 amide bonds. The highest BCUT2D eigenvalue weighted by molar-refractivity contribution is 7.13. The molecule has 0 radical (unpaired) electrons. The maximum Gasteiger partial charge on any atom is 0.203 e. The van der Waals surface area contributed by atoms with Gasteiger partial charge in [-0.05, 0) is 17.7 Å². The number of hydrogen-bond donors (Lipinski definition) is 2. The van der Waals surface area contributed by atoms with E-state index in [1.165, 1.54) is 11.3 Å². The van der Waals surface area contributed by atoms with Crippen molar-refractivity contribution in [2.24, 2.45) is 5.10 Å². The lowest BCUT2D eigenvalue weighted by molar-refractivity contribution is 0.475. The SMILES string of the molecule is CC(C)(C)c1csc(NN=Cc2cccc(O)c2)n1. The Labute approximate surface area is 116 Å². The van der Waals surface area contributed by atoms with Crippen LogP contribution in [0.2, 0.25) is 0 Å². The molecule has 19 heavy (non-hydrogen) atoms. The first-order valence-corrected chi connectivity index (χ1v) is 6.87. The Morgan fingerprint density at radius 2 is 2.16 bits per heavy atom. The minimum atomic E-state index is 0.0470. The molecule has 2 N–H and O–H groups in total. The van der Waals surface area contributed by atoms with Gasteiger partial charge in [-0.25, -0.2) is 4.98 Å². The minimum Gasteiger partial charge on any atom is -0.508 e. The smallest absolute Gasteiger partial charge is 0.203 e. The summed E-state index contributed by atoms with van der Waals surface area (Å²) in [5.41, 5.74) is 4.83. The Hall–Kier alpha value is -1.88. The molecule has 2 rings (SSSR count). The van der Waals surface area contributed by atoms with Crippen LogP contribution in [0.1, 0.15) is 32.0 Å². The molecule has 0 fully saturated rings. The molecule has 0 aliphatic rings. The minimum absolute atomic E-state index is 0.0470. The maximum absolute atomic E-state index is 9.33. The number of aromatic nitrogens is 1. The van der Waals surface area contributed by atoms with E-state index in [0.717, 1.165) is 16.4 Å². The van der Waals surface area contributed by atoms with Crippen LogP contribution in [0.4, 0.5) is 5.13 Å². The van der Waals surface area contributed by atoms with E-state index >= 15 is 0 Å². The third-order valence-electron chi connectivity index (χ3n) is 2.52. The van der Waals surface area contributed by atoms with Crippen LogP contribution in [-0.4, -0.2) is 16.3 Å². The zero-order valence-corrected chi connectivity index (χ0v) is 12.0. The number of hydrogen-bond acceptors (Lipinski definition) is 5. The molecule has 0 saturated carbocycles. The van der Waals surface area contributed by atoms with E-state index in [-0.39, 0.29) is 11.2 Å². The molecular formula is C14H17N3OS. The molecule has 1 heterocycles. The molecule has 4 nitrogen and oxygen atoms in total. The van der Waals surface area contributed by atoms with Gasteiger partial charge in [0.25, 0.3) is 0 Å². The average molecular weight is 275 g/mol. The van der Waals surface area contributed by atoms with Crippen LogP contribution in [0.15, 0.2) is 34.7 Å². The van der Waals surface area contributed by atoms with Crippen LogP contribution in [0, 0.1) is 0 Å². The number of benzene rings is 1. The summed E-state index contributed by atoms with van der Waals surface area (Å²) in [4.78, 5) is 4.47. The highest BCUT2D eigenvalue weighted by Crippen LogP contribution is 2.26. The molecule has 0 spiro atoms. The monoisotopic (exact) mass is 275 g/mol. The van der Waals surface area contributed by atoms with Crippen molar-refractivity contribution < 1.29 is 5.11 Å². The van der Waals surface area contributed by atoms with Crippen molar-refractivity contribution in [1.82, 2.24) is 4.98 Å². The molecular weight excluding hydrogens is 258 g/mol. The average Bonchev–Trinajstić information content (AvgIpc) is 2.77. The molecule has 0 aliphatic carbocycles. The van der Waals surface area contributed by atoms with Crippen LogP contribution in [0.25, 0.3) is 0 Å². The van der Waals surface area contributed by atoms with Crippen molar-refractivity contribution >= 4 is 22.7 Å². The van der Waals surface area contributed by atoms with Gasteiger partial charge >= 0.3 is 0 Å². The number of nitrogens with zero attached hydrogens (tertiary/aromatic N) is 2. The van der Waals surface area contributed by atoms with Crippen molar-refractivity contribution in [2.45, 2.75) is 26.2 Å². The standard InChI is InChI=1S/C14H17N3OS/c1-14(2,3)12-9-19-13(16-12)17-15-8-10-5-4-6-11(18)7-10/h4-9,18H,1-3H3,(H,16,17). The van der Waals surface area contributed by atoms with Gasteiger partial charge in [-0.15, -0.1) is 11.3 Å². The fraction of sp³-hybridized carbons (Fsp3) is 0.286. The lowest BCUT2D eigenvalue weighted by atomic mass is 9.93. The number of rotatable bonds is 3. The largest absolute Gasteiger partial charge is 0.508 e. The van der Waals surface area contributed by atoms with Gasteiger partial charge in [-0.2, -0.15) is 5.10 Å². The van der Waals surface area contributed by atoms with Crippen molar-refractivity contribution in [3.8, 4) is 5.75 Å². The Morgan fingerprint density at radius 3 is 2.79 bits per heavy atom. The zero-order chi connectivity index (χ0) is 13.9. The fourth-order valence-corrected chi connectivity index (χ4v) is 2.32. The van der Waals surface area contributed by atoms with E-state index in [9.17, 15) is 5.11 Å². The van der Waals surface area contributed by atoms with Crippen molar-refractivity contribution in [3.05, 3.63) is 40.9 Å². The van der Waals surface area contributed by atoms with E-state index in [2.05, 4.69) is 36.3 Å². The molecule has 0 aliphatic heterocycles. The third-order valence-corrected chi connectivity index (χ3v) is 3.26. The number of phenols is 1. The Kier molecular flexibility index (Phi) is 3.85. The second-order valence-electron chi connectivity index (χ2n) is 5.25. The Morgan fingerprint density at radius 1 is 1.37 bits per heavy atom. The molecule has 0 atom stereocenters. The van der Waals surface area contributed by atoms with Gasteiger partial charge < -0.3 is 5.11 Å². The third kappa shape index (κ3) is 3.79. The second-order valence-corrected chi connectivity index (χ2v) is 6.11. The first kappa shape index (κ1) is 13.5. The lowest BCUT2D eigenvalue weighted by Crippen LogP contribution is -2.11. The predicted molar refractivity (Wildman–Crippen MR) is 80.1 cm³/mol. The van der Waals surface area contributed by atoms with Crippen LogP contribution in [0.3, 0.4) is 0 Å². The molecule has 100 valence electrons. The van der Waals surface area contributed by atoms with E-state index in [4.69, 9.17) is 0 Å². The van der Waals surface area contributed by atoms with Crippen molar-refractivity contribution in [2.75, 3.05) is 5.43 Å². The van der Waals surface area contributed by atoms with Gasteiger partial charge in [-0.1, -0.05) is 32.9 Å². The summed E-state index contributed by atoms with van der Waals surface area (Å²) in [6.45, 7) is 6.38. The van der Waals surface area contributed by atoms with E-state index in [0.29, 0.717) is 0 Å². The molecule has 0 bridgehead atoms. The highest BCUT2D eigenvalue weighted by atomic mass is 32.1. The summed E-state index contributed by atoms with van der Waals surface area (Å²) in [5.74, 6) is 0.230.